The quantitative estimate of drug-likeness (QED) is 0.527. The molecule has 1 fully saturated rings. The number of nitrogens with zero attached hydrogens (tertiary/aromatic N) is 2. The van der Waals surface area contributed by atoms with Gasteiger partial charge in [0.05, 0.1) is 18.7 Å². The van der Waals surface area contributed by atoms with E-state index >= 15 is 0 Å². The van der Waals surface area contributed by atoms with Gasteiger partial charge >= 0.3 is 5.97 Å². The summed E-state index contributed by atoms with van der Waals surface area (Å²) in [6, 6.07) is 21.5. The van der Waals surface area contributed by atoms with E-state index in [4.69, 9.17) is 9.73 Å². The fraction of sp³-hybridized carbons (Fsp3) is 0.333. The van der Waals surface area contributed by atoms with Gasteiger partial charge in [-0.25, -0.2) is 4.79 Å². The molecule has 0 amide bonds. The highest BCUT2D eigenvalue weighted by atomic mass is 32.2. The van der Waals surface area contributed by atoms with Crippen LogP contribution in [0.5, 0.6) is 0 Å². The normalized spacial score (nSPS) is 25.9. The Bertz CT molecular complexity index is 1090. The minimum absolute atomic E-state index is 0.127. The van der Waals surface area contributed by atoms with Crippen LogP contribution in [0.4, 0.5) is 0 Å². The molecule has 5 rings (SSSR count). The first kappa shape index (κ1) is 21.1. The number of aliphatic imine (C=N–C) groups is 1. The van der Waals surface area contributed by atoms with Crippen molar-refractivity contribution in [1.82, 2.24) is 4.90 Å². The summed E-state index contributed by atoms with van der Waals surface area (Å²) in [6.07, 6.45) is 5.67. The predicted octanol–water partition coefficient (Wildman–Crippen LogP) is 6.19. The molecule has 3 aliphatic rings. The summed E-state index contributed by atoms with van der Waals surface area (Å²) in [5.41, 5.74) is 4.85. The van der Waals surface area contributed by atoms with Crippen molar-refractivity contribution in [3.8, 4) is 0 Å². The molecular weight excluding hydrogens is 416 g/mol. The number of hydrogen-bond donors (Lipinski definition) is 0. The monoisotopic (exact) mass is 444 g/mol. The lowest BCUT2D eigenvalue weighted by Gasteiger charge is -2.46. The van der Waals surface area contributed by atoms with E-state index in [0.717, 1.165) is 30.1 Å². The van der Waals surface area contributed by atoms with Crippen molar-refractivity contribution < 1.29 is 9.53 Å². The first-order valence-corrected chi connectivity index (χ1v) is 12.2. The van der Waals surface area contributed by atoms with E-state index in [-0.39, 0.29) is 18.1 Å². The number of thioether (sulfide) groups is 1. The van der Waals surface area contributed by atoms with Crippen LogP contribution >= 0.6 is 11.8 Å². The van der Waals surface area contributed by atoms with Crippen LogP contribution in [0.25, 0.3) is 6.08 Å². The summed E-state index contributed by atoms with van der Waals surface area (Å²) in [4.78, 5) is 20.9. The zero-order chi connectivity index (χ0) is 22.1. The van der Waals surface area contributed by atoms with Gasteiger partial charge in [0.25, 0.3) is 0 Å². The molecule has 2 heterocycles. The molecule has 5 heteroatoms. The molecule has 0 N–H and O–H groups in total. The van der Waals surface area contributed by atoms with Gasteiger partial charge in [-0.1, -0.05) is 66.7 Å². The molecule has 4 nitrogen and oxygen atoms in total. The van der Waals surface area contributed by atoms with Gasteiger partial charge in [-0.2, -0.15) is 0 Å². The van der Waals surface area contributed by atoms with Crippen LogP contribution < -0.4 is 0 Å². The molecule has 0 aromatic heterocycles. The predicted molar refractivity (Wildman–Crippen MR) is 131 cm³/mol. The summed E-state index contributed by atoms with van der Waals surface area (Å²) in [6.45, 7) is 4.25. The van der Waals surface area contributed by atoms with Crippen molar-refractivity contribution in [3.63, 3.8) is 0 Å². The fourth-order valence-corrected chi connectivity index (χ4v) is 6.26. The zero-order valence-electron chi connectivity index (χ0n) is 18.5. The van der Waals surface area contributed by atoms with Crippen LogP contribution in [-0.4, -0.2) is 28.7 Å². The molecule has 1 aliphatic carbocycles. The van der Waals surface area contributed by atoms with Crippen molar-refractivity contribution in [2.24, 2.45) is 10.9 Å². The maximum Gasteiger partial charge on any atom is 0.346 e. The Morgan fingerprint density at radius 3 is 2.59 bits per heavy atom. The number of rotatable bonds is 4. The molecule has 0 saturated heterocycles. The summed E-state index contributed by atoms with van der Waals surface area (Å²) in [7, 11) is 0. The number of fused-ring (bicyclic) bond motifs is 2. The first-order valence-electron chi connectivity index (χ1n) is 11.4. The number of benzene rings is 2. The van der Waals surface area contributed by atoms with Crippen LogP contribution in [0.15, 0.2) is 81.8 Å². The second-order valence-electron chi connectivity index (χ2n) is 8.51. The van der Waals surface area contributed by atoms with Crippen molar-refractivity contribution in [1.29, 1.82) is 0 Å². The minimum atomic E-state index is -0.248. The van der Waals surface area contributed by atoms with Gasteiger partial charge in [0.2, 0.25) is 0 Å². The second kappa shape index (κ2) is 8.99. The topological polar surface area (TPSA) is 41.9 Å². The Balaban J connectivity index is 1.60. The maximum absolute atomic E-state index is 12.7. The standard InChI is InChI=1S/C27H28N2O2S/c1-3-31-26(30)25-18(2)29-24(20-13-8-5-9-14-20)22-16-10-15-21(23(22)28-27(29)32-25)17-19-11-6-4-7-12-19/h4-9,11-14,17,22-24H,3,10,15-16H2,1-2H3. The van der Waals surface area contributed by atoms with Crippen LogP contribution in [0.2, 0.25) is 0 Å². The van der Waals surface area contributed by atoms with E-state index in [1.165, 1.54) is 28.5 Å². The number of hydrogen-bond acceptors (Lipinski definition) is 5. The summed E-state index contributed by atoms with van der Waals surface area (Å²) >= 11 is 1.47. The molecule has 2 aromatic rings. The highest BCUT2D eigenvalue weighted by Crippen LogP contribution is 2.52. The van der Waals surface area contributed by atoms with Crippen molar-refractivity contribution in [2.75, 3.05) is 6.61 Å². The van der Waals surface area contributed by atoms with Crippen molar-refractivity contribution in [3.05, 3.63) is 88.0 Å². The molecule has 0 radical (unpaired) electrons. The molecular formula is C27H28N2O2S. The van der Waals surface area contributed by atoms with Gasteiger partial charge in [-0.3, -0.25) is 4.99 Å². The number of carbonyl (C=O) groups excluding carboxylic acids is 1. The van der Waals surface area contributed by atoms with Crippen molar-refractivity contribution >= 4 is 29.0 Å². The van der Waals surface area contributed by atoms with Gasteiger partial charge < -0.3 is 9.64 Å². The van der Waals surface area contributed by atoms with Gasteiger partial charge in [-0.05, 0) is 61.6 Å². The van der Waals surface area contributed by atoms with Gasteiger partial charge in [-0.15, -0.1) is 0 Å². The Morgan fingerprint density at radius 2 is 1.88 bits per heavy atom. The molecule has 0 spiro atoms. The minimum Gasteiger partial charge on any atom is -0.462 e. The third-order valence-electron chi connectivity index (χ3n) is 6.56. The summed E-state index contributed by atoms with van der Waals surface area (Å²) in [5.74, 6) is 0.115. The van der Waals surface area contributed by atoms with Gasteiger partial charge in [0.15, 0.2) is 5.17 Å². The number of allylic oxidation sites excluding steroid dienone is 1. The Hall–Kier alpha value is -2.79. The lowest BCUT2D eigenvalue weighted by atomic mass is 9.73. The number of carbonyl (C=O) groups is 1. The van der Waals surface area contributed by atoms with E-state index in [1.54, 1.807) is 0 Å². The van der Waals surface area contributed by atoms with Gasteiger partial charge in [0, 0.05) is 11.6 Å². The summed E-state index contributed by atoms with van der Waals surface area (Å²) < 4.78 is 5.35. The van der Waals surface area contributed by atoms with E-state index < -0.39 is 0 Å². The highest BCUT2D eigenvalue weighted by molar-refractivity contribution is 8.18. The maximum atomic E-state index is 12.7. The van der Waals surface area contributed by atoms with E-state index in [0.29, 0.717) is 17.4 Å². The van der Waals surface area contributed by atoms with Crippen LogP contribution in [0.1, 0.15) is 50.3 Å². The molecule has 32 heavy (non-hydrogen) atoms. The molecule has 0 bridgehead atoms. The highest BCUT2D eigenvalue weighted by Gasteiger charge is 2.47. The third-order valence-corrected chi connectivity index (χ3v) is 7.72. The molecule has 2 aromatic carbocycles. The summed E-state index contributed by atoms with van der Waals surface area (Å²) in [5, 5.41) is 0.918. The fourth-order valence-electron chi connectivity index (χ4n) is 5.18. The lowest BCUT2D eigenvalue weighted by Crippen LogP contribution is -2.45. The SMILES string of the molecule is CCOC(=O)C1=C(C)N2C(=NC3C(=Cc4ccccc4)CCCC3C2c2ccccc2)S1. The molecule has 3 atom stereocenters. The number of ether oxygens (including phenoxy) is 1. The van der Waals surface area contributed by atoms with E-state index in [2.05, 4.69) is 71.6 Å². The number of esters is 1. The third kappa shape index (κ3) is 3.79. The lowest BCUT2D eigenvalue weighted by molar-refractivity contribution is -0.137. The average molecular weight is 445 g/mol. The Morgan fingerprint density at radius 1 is 1.16 bits per heavy atom. The zero-order valence-corrected chi connectivity index (χ0v) is 19.3. The van der Waals surface area contributed by atoms with Crippen LogP contribution in [-0.2, 0) is 9.53 Å². The molecule has 3 unspecified atom stereocenters. The molecule has 164 valence electrons. The first-order chi connectivity index (χ1) is 15.7. The smallest absolute Gasteiger partial charge is 0.346 e. The van der Waals surface area contributed by atoms with Crippen LogP contribution in [0, 0.1) is 5.92 Å². The molecule has 1 saturated carbocycles. The Kier molecular flexibility index (Phi) is 5.92. The Labute approximate surface area is 194 Å². The van der Waals surface area contributed by atoms with Crippen LogP contribution in [0.3, 0.4) is 0 Å². The second-order valence-corrected chi connectivity index (χ2v) is 9.48. The largest absolute Gasteiger partial charge is 0.462 e. The molecule has 2 aliphatic heterocycles. The van der Waals surface area contributed by atoms with Gasteiger partial charge in [0.1, 0.15) is 4.91 Å². The van der Waals surface area contributed by atoms with Crippen molar-refractivity contribution in [2.45, 2.75) is 45.2 Å². The number of amidine groups is 1. The average Bonchev–Trinajstić information content (AvgIpc) is 3.15. The van der Waals surface area contributed by atoms with E-state index in [9.17, 15) is 4.79 Å². The van der Waals surface area contributed by atoms with E-state index in [1.807, 2.05) is 13.8 Å².